The van der Waals surface area contributed by atoms with Gasteiger partial charge in [0, 0.05) is 23.9 Å². The van der Waals surface area contributed by atoms with Gasteiger partial charge in [0.05, 0.1) is 6.10 Å². The summed E-state index contributed by atoms with van der Waals surface area (Å²) in [6, 6.07) is 8.18. The van der Waals surface area contributed by atoms with Crippen molar-refractivity contribution in [3.8, 4) is 0 Å². The summed E-state index contributed by atoms with van der Waals surface area (Å²) in [4.78, 5) is 4.50. The molecule has 1 N–H and O–H groups in total. The molecule has 0 saturated heterocycles. The van der Waals surface area contributed by atoms with E-state index >= 15 is 0 Å². The first-order valence-corrected chi connectivity index (χ1v) is 6.85. The van der Waals surface area contributed by atoms with Crippen molar-refractivity contribution in [1.29, 1.82) is 0 Å². The quantitative estimate of drug-likeness (QED) is 0.922. The number of aryl methyl sites for hydroxylation is 1. The van der Waals surface area contributed by atoms with Gasteiger partial charge in [-0.05, 0) is 24.1 Å². The first kappa shape index (κ1) is 11.9. The molecule has 1 aromatic carbocycles. The summed E-state index contributed by atoms with van der Waals surface area (Å²) in [5.74, 6) is 1.74. The molecule has 2 aromatic rings. The molecule has 0 amide bonds. The number of hydrogen-bond donors (Lipinski definition) is 1. The fourth-order valence-electron chi connectivity index (χ4n) is 2.20. The van der Waals surface area contributed by atoms with Crippen LogP contribution in [-0.4, -0.2) is 26.0 Å². The van der Waals surface area contributed by atoms with Gasteiger partial charge >= 0.3 is 0 Å². The minimum absolute atomic E-state index is 0.262. The predicted octanol–water partition coefficient (Wildman–Crippen LogP) is 1.94. The summed E-state index contributed by atoms with van der Waals surface area (Å²) in [6.07, 6.45) is 1.87. The number of hydrogen-bond acceptors (Lipinski definition) is 3. The third-order valence-corrected chi connectivity index (χ3v) is 3.69. The number of aromatic nitrogens is 3. The lowest BCUT2D eigenvalue weighted by Crippen LogP contribution is -2.23. The molecule has 18 heavy (non-hydrogen) atoms. The van der Waals surface area contributed by atoms with E-state index in [0.29, 0.717) is 6.42 Å². The van der Waals surface area contributed by atoms with E-state index in [-0.39, 0.29) is 6.10 Å². The second kappa shape index (κ2) is 4.82. The molecule has 0 spiro atoms. The average Bonchev–Trinajstić information content (AvgIpc) is 2.73. The van der Waals surface area contributed by atoms with E-state index in [1.807, 2.05) is 16.8 Å². The minimum Gasteiger partial charge on any atom is -0.393 e. The van der Waals surface area contributed by atoms with Crippen LogP contribution in [0.2, 0.25) is 0 Å². The van der Waals surface area contributed by atoms with E-state index in [9.17, 15) is 5.11 Å². The normalized spacial score (nSPS) is 18.7. The Morgan fingerprint density at radius 1 is 1.33 bits per heavy atom. The van der Waals surface area contributed by atoms with Crippen molar-refractivity contribution in [1.82, 2.24) is 14.8 Å². The van der Waals surface area contributed by atoms with Crippen LogP contribution in [0.5, 0.6) is 0 Å². The average molecular weight is 308 g/mol. The zero-order chi connectivity index (χ0) is 12.5. The summed E-state index contributed by atoms with van der Waals surface area (Å²) >= 11 is 3.42. The molecule has 1 atom stereocenters. The highest BCUT2D eigenvalue weighted by Gasteiger charge is 2.19. The molecule has 0 fully saturated rings. The summed E-state index contributed by atoms with van der Waals surface area (Å²) < 4.78 is 2.99. The molecule has 0 aliphatic carbocycles. The molecule has 3 rings (SSSR count). The Labute approximate surface area is 114 Å². The lowest BCUT2D eigenvalue weighted by Gasteiger charge is -2.16. The minimum atomic E-state index is -0.262. The Morgan fingerprint density at radius 2 is 2.11 bits per heavy atom. The largest absolute Gasteiger partial charge is 0.393 e. The van der Waals surface area contributed by atoms with E-state index in [2.05, 4.69) is 38.1 Å². The van der Waals surface area contributed by atoms with Gasteiger partial charge in [-0.1, -0.05) is 28.1 Å². The van der Waals surface area contributed by atoms with Crippen LogP contribution in [-0.2, 0) is 19.4 Å². The molecule has 0 saturated carbocycles. The van der Waals surface area contributed by atoms with Gasteiger partial charge in [0.2, 0.25) is 0 Å². The van der Waals surface area contributed by atoms with Crippen LogP contribution in [0.4, 0.5) is 0 Å². The van der Waals surface area contributed by atoms with Gasteiger partial charge < -0.3 is 5.11 Å². The summed E-state index contributed by atoms with van der Waals surface area (Å²) in [6.45, 7) is 0.768. The summed E-state index contributed by atoms with van der Waals surface area (Å²) in [5, 5.41) is 14.1. The van der Waals surface area contributed by atoms with Crippen LogP contribution in [0.15, 0.2) is 28.7 Å². The zero-order valence-electron chi connectivity index (χ0n) is 9.88. The Kier molecular flexibility index (Phi) is 3.18. The van der Waals surface area contributed by atoms with Crippen LogP contribution in [0.25, 0.3) is 0 Å². The topological polar surface area (TPSA) is 50.9 Å². The van der Waals surface area contributed by atoms with E-state index in [1.54, 1.807) is 0 Å². The predicted molar refractivity (Wildman–Crippen MR) is 71.3 cm³/mol. The van der Waals surface area contributed by atoms with Crippen molar-refractivity contribution >= 4 is 15.9 Å². The molecule has 0 bridgehead atoms. The molecule has 5 heteroatoms. The number of benzene rings is 1. The highest BCUT2D eigenvalue weighted by molar-refractivity contribution is 9.10. The molecule has 2 heterocycles. The van der Waals surface area contributed by atoms with Crippen molar-refractivity contribution < 1.29 is 5.11 Å². The molecule has 1 aromatic heterocycles. The van der Waals surface area contributed by atoms with Gasteiger partial charge in [-0.2, -0.15) is 5.10 Å². The van der Waals surface area contributed by atoms with E-state index in [4.69, 9.17) is 0 Å². The third kappa shape index (κ3) is 2.47. The third-order valence-electron chi connectivity index (χ3n) is 3.16. The standard InChI is InChI=1S/C13H14BrN3O/c14-10-3-1-9(2-4-10)7-12-15-13-8-11(18)5-6-17(13)16-12/h1-4,11,18H,5-8H2. The number of halogens is 1. The molecule has 1 unspecified atom stereocenters. The van der Waals surface area contributed by atoms with Crippen LogP contribution in [0.1, 0.15) is 23.6 Å². The summed E-state index contributed by atoms with van der Waals surface area (Å²) in [7, 11) is 0. The first-order chi connectivity index (χ1) is 8.70. The fourth-order valence-corrected chi connectivity index (χ4v) is 2.46. The number of rotatable bonds is 2. The number of fused-ring (bicyclic) bond motifs is 1. The fraction of sp³-hybridized carbons (Fsp3) is 0.385. The highest BCUT2D eigenvalue weighted by Crippen LogP contribution is 2.16. The maximum absolute atomic E-state index is 9.60. The van der Waals surface area contributed by atoms with Gasteiger partial charge in [-0.3, -0.25) is 0 Å². The maximum Gasteiger partial charge on any atom is 0.155 e. The molecule has 0 radical (unpaired) electrons. The smallest absolute Gasteiger partial charge is 0.155 e. The van der Waals surface area contributed by atoms with Gasteiger partial charge in [0.15, 0.2) is 5.82 Å². The second-order valence-corrected chi connectivity index (χ2v) is 5.53. The lowest BCUT2D eigenvalue weighted by molar-refractivity contribution is 0.138. The first-order valence-electron chi connectivity index (χ1n) is 6.06. The highest BCUT2D eigenvalue weighted by atomic mass is 79.9. The van der Waals surface area contributed by atoms with Gasteiger partial charge in [-0.15, -0.1) is 0 Å². The van der Waals surface area contributed by atoms with Crippen LogP contribution >= 0.6 is 15.9 Å². The van der Waals surface area contributed by atoms with Crippen molar-refractivity contribution in [2.75, 3.05) is 0 Å². The van der Waals surface area contributed by atoms with Crippen molar-refractivity contribution in [3.63, 3.8) is 0 Å². The van der Waals surface area contributed by atoms with E-state index in [1.165, 1.54) is 5.56 Å². The number of aliphatic hydroxyl groups is 1. The SMILES string of the molecule is OC1CCn2nc(Cc3ccc(Br)cc3)nc2C1. The lowest BCUT2D eigenvalue weighted by atomic mass is 10.1. The van der Waals surface area contributed by atoms with Gasteiger partial charge in [0.25, 0.3) is 0 Å². The molecular formula is C13H14BrN3O. The van der Waals surface area contributed by atoms with Crippen molar-refractivity contribution in [2.45, 2.75) is 31.9 Å². The second-order valence-electron chi connectivity index (χ2n) is 4.62. The van der Waals surface area contributed by atoms with E-state index < -0.39 is 0 Å². The van der Waals surface area contributed by atoms with Crippen LogP contribution in [0, 0.1) is 0 Å². The monoisotopic (exact) mass is 307 g/mol. The molecule has 94 valence electrons. The Balaban J connectivity index is 1.79. The van der Waals surface area contributed by atoms with Crippen molar-refractivity contribution in [2.24, 2.45) is 0 Å². The number of aliphatic hydroxyl groups excluding tert-OH is 1. The molecular weight excluding hydrogens is 294 g/mol. The zero-order valence-corrected chi connectivity index (χ0v) is 11.5. The van der Waals surface area contributed by atoms with Gasteiger partial charge in [0.1, 0.15) is 5.82 Å². The molecule has 4 nitrogen and oxygen atoms in total. The maximum atomic E-state index is 9.60. The molecule has 1 aliphatic rings. The Morgan fingerprint density at radius 3 is 2.89 bits per heavy atom. The Hall–Kier alpha value is -1.20. The molecule has 1 aliphatic heterocycles. The summed E-state index contributed by atoms with van der Waals surface area (Å²) in [5.41, 5.74) is 1.20. The van der Waals surface area contributed by atoms with Gasteiger partial charge in [-0.25, -0.2) is 9.67 Å². The Bertz CT molecular complexity index is 550. The van der Waals surface area contributed by atoms with Crippen LogP contribution in [0.3, 0.4) is 0 Å². The van der Waals surface area contributed by atoms with E-state index in [0.717, 1.165) is 35.5 Å². The van der Waals surface area contributed by atoms with Crippen LogP contribution < -0.4 is 0 Å². The number of nitrogens with zero attached hydrogens (tertiary/aromatic N) is 3. The van der Waals surface area contributed by atoms with Crippen molar-refractivity contribution in [3.05, 3.63) is 46.0 Å².